The molecule has 0 saturated carbocycles. The van der Waals surface area contributed by atoms with Gasteiger partial charge in [0.15, 0.2) is 5.78 Å². The van der Waals surface area contributed by atoms with Crippen molar-refractivity contribution in [1.29, 1.82) is 0 Å². The minimum absolute atomic E-state index is 0.111. The molecule has 1 N–H and O–H groups in total. The number of carbonyl (C=O) groups excluding carboxylic acids is 1. The van der Waals surface area contributed by atoms with E-state index in [0.29, 0.717) is 10.3 Å². The Kier molecular flexibility index (Phi) is 7.43. The fourth-order valence-electron chi connectivity index (χ4n) is 2.29. The Morgan fingerprint density at radius 2 is 1.69 bits per heavy atom. The molecular formula is C17H16Cl4NO3P. The summed E-state index contributed by atoms with van der Waals surface area (Å²) in [5.74, 6) is -1.95. The van der Waals surface area contributed by atoms with Gasteiger partial charge in [0.2, 0.25) is 3.79 Å². The van der Waals surface area contributed by atoms with Gasteiger partial charge >= 0.3 is 0 Å². The van der Waals surface area contributed by atoms with Gasteiger partial charge in [-0.3, -0.25) is 9.36 Å². The van der Waals surface area contributed by atoms with Crippen molar-refractivity contribution in [1.82, 2.24) is 5.32 Å². The molecule has 26 heavy (non-hydrogen) atoms. The molecule has 0 heterocycles. The van der Waals surface area contributed by atoms with Gasteiger partial charge in [0.25, 0.3) is 13.3 Å². The topological polar surface area (TPSA) is 55.4 Å². The van der Waals surface area contributed by atoms with Crippen molar-refractivity contribution in [2.45, 2.75) is 16.5 Å². The van der Waals surface area contributed by atoms with E-state index in [1.54, 1.807) is 49.4 Å². The average Bonchev–Trinajstić information content (AvgIpc) is 2.60. The van der Waals surface area contributed by atoms with Crippen LogP contribution in [-0.4, -0.2) is 22.1 Å². The van der Waals surface area contributed by atoms with Crippen molar-refractivity contribution in [3.05, 3.63) is 65.2 Å². The van der Waals surface area contributed by atoms with Crippen LogP contribution in [-0.2, 0) is 9.09 Å². The van der Waals surface area contributed by atoms with E-state index >= 15 is 0 Å². The summed E-state index contributed by atoms with van der Waals surface area (Å²) < 4.78 is 17.1. The van der Waals surface area contributed by atoms with E-state index in [9.17, 15) is 9.36 Å². The van der Waals surface area contributed by atoms with Crippen LogP contribution in [0.15, 0.2) is 54.6 Å². The van der Waals surface area contributed by atoms with Crippen LogP contribution in [0.4, 0.5) is 0 Å². The Hall–Kier alpha value is -0.740. The molecule has 0 spiro atoms. The fourth-order valence-corrected chi connectivity index (χ4v) is 5.98. The summed E-state index contributed by atoms with van der Waals surface area (Å²) in [5, 5.41) is 3.37. The molecule has 0 saturated heterocycles. The zero-order chi connectivity index (χ0) is 19.4. The quantitative estimate of drug-likeness (QED) is 0.469. The summed E-state index contributed by atoms with van der Waals surface area (Å²) in [6.45, 7) is 1.78. The Balaban J connectivity index is 2.43. The second kappa shape index (κ2) is 8.97. The summed E-state index contributed by atoms with van der Waals surface area (Å²) in [6, 6.07) is 14.5. The molecule has 0 aromatic heterocycles. The van der Waals surface area contributed by atoms with E-state index in [0.717, 1.165) is 0 Å². The molecule has 2 aromatic carbocycles. The number of halogens is 4. The first-order chi connectivity index (χ1) is 12.2. The number of benzene rings is 2. The lowest BCUT2D eigenvalue weighted by Crippen LogP contribution is -2.46. The van der Waals surface area contributed by atoms with Crippen molar-refractivity contribution < 1.29 is 13.9 Å². The van der Waals surface area contributed by atoms with Gasteiger partial charge in [-0.2, -0.15) is 0 Å². The number of amides is 1. The maximum Gasteiger partial charge on any atom is 0.258 e. The molecule has 2 atom stereocenters. The minimum Gasteiger partial charge on any atom is -0.336 e. The third-order valence-corrected chi connectivity index (χ3v) is 7.68. The molecular weight excluding hydrogens is 439 g/mol. The second-order valence-corrected chi connectivity index (χ2v) is 10.6. The van der Waals surface area contributed by atoms with Crippen LogP contribution in [0.25, 0.3) is 0 Å². The van der Waals surface area contributed by atoms with E-state index in [2.05, 4.69) is 5.32 Å². The summed E-state index contributed by atoms with van der Waals surface area (Å²) in [7, 11) is -3.74. The van der Waals surface area contributed by atoms with Crippen molar-refractivity contribution >= 4 is 65.0 Å². The number of rotatable bonds is 6. The molecule has 0 aliphatic rings. The van der Waals surface area contributed by atoms with E-state index in [4.69, 9.17) is 50.9 Å². The summed E-state index contributed by atoms with van der Waals surface area (Å²) in [4.78, 5) is 12.6. The molecule has 2 aromatic rings. The molecule has 0 aliphatic carbocycles. The Bertz CT molecular complexity index is 794. The summed E-state index contributed by atoms with van der Waals surface area (Å²) in [5.41, 5.74) is 0.282. The predicted molar refractivity (Wildman–Crippen MR) is 108 cm³/mol. The van der Waals surface area contributed by atoms with Crippen LogP contribution in [0.1, 0.15) is 17.3 Å². The summed E-state index contributed by atoms with van der Waals surface area (Å²) in [6.07, 6.45) is 0. The van der Waals surface area contributed by atoms with Crippen molar-refractivity contribution in [3.63, 3.8) is 0 Å². The minimum atomic E-state index is -3.74. The van der Waals surface area contributed by atoms with Crippen LogP contribution < -0.4 is 10.6 Å². The molecule has 0 radical (unpaired) electrons. The molecule has 1 amide bonds. The number of nitrogens with one attached hydrogen (secondary N) is 1. The zero-order valence-corrected chi connectivity index (χ0v) is 17.6. The van der Waals surface area contributed by atoms with Crippen molar-refractivity contribution in [2.24, 2.45) is 0 Å². The lowest BCUT2D eigenvalue weighted by atomic mass is 10.2. The normalized spacial score (nSPS) is 15.1. The van der Waals surface area contributed by atoms with Gasteiger partial charge in [0, 0.05) is 15.9 Å². The third kappa shape index (κ3) is 5.16. The molecule has 9 heteroatoms. The van der Waals surface area contributed by atoms with E-state index in [1.165, 1.54) is 12.1 Å². The van der Waals surface area contributed by atoms with Crippen LogP contribution in [0.5, 0.6) is 0 Å². The van der Waals surface area contributed by atoms with Gasteiger partial charge in [-0.1, -0.05) is 64.6 Å². The number of hydrogen-bond acceptors (Lipinski definition) is 3. The van der Waals surface area contributed by atoms with E-state index in [1.807, 2.05) is 0 Å². The Morgan fingerprint density at radius 3 is 2.19 bits per heavy atom. The highest BCUT2D eigenvalue weighted by Gasteiger charge is 2.49. The maximum absolute atomic E-state index is 13.7. The molecule has 0 aliphatic heterocycles. The van der Waals surface area contributed by atoms with Crippen LogP contribution in [0, 0.1) is 0 Å². The second-order valence-electron chi connectivity index (χ2n) is 5.27. The fraction of sp³-hybridized carbons (Fsp3) is 0.235. The SMILES string of the molecule is CCO[P@](=O)(c1ccccc1)[C@@H](NC(=O)c1ccc(Cl)cc1)C(Cl)(Cl)Cl. The molecule has 0 fully saturated rings. The van der Waals surface area contributed by atoms with Gasteiger partial charge in [0.1, 0.15) is 0 Å². The van der Waals surface area contributed by atoms with Gasteiger partial charge in [-0.25, -0.2) is 0 Å². The highest BCUT2D eigenvalue weighted by atomic mass is 35.6. The maximum atomic E-state index is 13.7. The molecule has 0 bridgehead atoms. The van der Waals surface area contributed by atoms with Crippen molar-refractivity contribution in [2.75, 3.05) is 6.61 Å². The lowest BCUT2D eigenvalue weighted by molar-refractivity contribution is 0.0945. The third-order valence-electron chi connectivity index (χ3n) is 3.46. The van der Waals surface area contributed by atoms with Crippen molar-refractivity contribution in [3.8, 4) is 0 Å². The number of hydrogen-bond donors (Lipinski definition) is 1. The first-order valence-corrected chi connectivity index (χ1v) is 10.8. The smallest absolute Gasteiger partial charge is 0.258 e. The molecule has 2 rings (SSSR count). The van der Waals surface area contributed by atoms with Gasteiger partial charge in [0.05, 0.1) is 6.61 Å². The number of carbonyl (C=O) groups is 1. The standard InChI is InChI=1S/C17H16Cl4NO3P/c1-2-25-26(24,14-6-4-3-5-7-14)16(17(19,20)21)22-15(23)12-8-10-13(18)11-9-12/h3-11,16H,2H2,1H3,(H,22,23)/t16-,26-/m1/s1. The van der Waals surface area contributed by atoms with Gasteiger partial charge in [-0.05, 0) is 43.3 Å². The van der Waals surface area contributed by atoms with Gasteiger partial charge < -0.3 is 9.84 Å². The Labute approximate surface area is 172 Å². The molecule has 140 valence electrons. The number of alkyl halides is 3. The molecule has 0 unspecified atom stereocenters. The van der Waals surface area contributed by atoms with Crippen LogP contribution >= 0.6 is 53.8 Å². The summed E-state index contributed by atoms with van der Waals surface area (Å²) >= 11 is 24.0. The monoisotopic (exact) mass is 453 g/mol. The zero-order valence-electron chi connectivity index (χ0n) is 13.7. The van der Waals surface area contributed by atoms with Crippen LogP contribution in [0.3, 0.4) is 0 Å². The Morgan fingerprint density at radius 1 is 1.12 bits per heavy atom. The largest absolute Gasteiger partial charge is 0.336 e. The highest BCUT2D eigenvalue weighted by Crippen LogP contribution is 2.57. The first-order valence-electron chi connectivity index (χ1n) is 7.61. The molecule has 4 nitrogen and oxygen atoms in total. The highest BCUT2D eigenvalue weighted by molar-refractivity contribution is 7.68. The average molecular weight is 455 g/mol. The lowest BCUT2D eigenvalue weighted by Gasteiger charge is -2.32. The van der Waals surface area contributed by atoms with Gasteiger partial charge in [-0.15, -0.1) is 0 Å². The van der Waals surface area contributed by atoms with Crippen LogP contribution in [0.2, 0.25) is 5.02 Å². The van der Waals surface area contributed by atoms with E-state index in [-0.39, 0.29) is 12.2 Å². The predicted octanol–water partition coefficient (Wildman–Crippen LogP) is 5.41. The first kappa shape index (κ1) is 21.6. The van der Waals surface area contributed by atoms with E-state index < -0.39 is 22.9 Å².